The van der Waals surface area contributed by atoms with Crippen LogP contribution < -0.4 is 10.6 Å². The Labute approximate surface area is 119 Å². The summed E-state index contributed by atoms with van der Waals surface area (Å²) in [6, 6.07) is 4.06. The summed E-state index contributed by atoms with van der Waals surface area (Å²) in [6.07, 6.45) is 8.97. The predicted octanol–water partition coefficient (Wildman–Crippen LogP) is 0.629. The SMILES string of the molecule is CN=C(NCCc1cnn(C)c1)NCCn1cccc1. The first-order chi connectivity index (χ1) is 9.78. The zero-order valence-electron chi connectivity index (χ0n) is 12.1. The van der Waals surface area contributed by atoms with Gasteiger partial charge in [0.25, 0.3) is 0 Å². The third-order valence-electron chi connectivity index (χ3n) is 3.02. The average molecular weight is 274 g/mol. The maximum atomic E-state index is 4.21. The Morgan fingerprint density at radius 1 is 1.25 bits per heavy atom. The van der Waals surface area contributed by atoms with Gasteiger partial charge in [-0.25, -0.2) is 0 Å². The van der Waals surface area contributed by atoms with Crippen molar-refractivity contribution < 1.29 is 0 Å². The summed E-state index contributed by atoms with van der Waals surface area (Å²) in [7, 11) is 3.72. The molecule has 0 fully saturated rings. The summed E-state index contributed by atoms with van der Waals surface area (Å²) in [4.78, 5) is 4.21. The van der Waals surface area contributed by atoms with Gasteiger partial charge in [0, 0.05) is 52.3 Å². The van der Waals surface area contributed by atoms with E-state index < -0.39 is 0 Å². The number of aliphatic imine (C=N–C) groups is 1. The molecule has 2 aromatic rings. The van der Waals surface area contributed by atoms with E-state index in [9.17, 15) is 0 Å². The molecule has 0 atom stereocenters. The highest BCUT2D eigenvalue weighted by Crippen LogP contribution is 1.95. The van der Waals surface area contributed by atoms with E-state index in [0.29, 0.717) is 0 Å². The van der Waals surface area contributed by atoms with Gasteiger partial charge in [-0.3, -0.25) is 9.67 Å². The maximum absolute atomic E-state index is 4.21. The number of aryl methyl sites for hydroxylation is 1. The van der Waals surface area contributed by atoms with Crippen molar-refractivity contribution in [3.8, 4) is 0 Å². The van der Waals surface area contributed by atoms with Gasteiger partial charge in [-0.05, 0) is 24.1 Å². The van der Waals surface area contributed by atoms with Crippen LogP contribution in [0.4, 0.5) is 0 Å². The van der Waals surface area contributed by atoms with Crippen LogP contribution in [0.25, 0.3) is 0 Å². The van der Waals surface area contributed by atoms with Gasteiger partial charge in [-0.15, -0.1) is 0 Å². The Bertz CT molecular complexity index is 526. The lowest BCUT2D eigenvalue weighted by Crippen LogP contribution is -2.39. The third kappa shape index (κ3) is 4.46. The van der Waals surface area contributed by atoms with Crippen LogP contribution in [0.5, 0.6) is 0 Å². The molecule has 0 radical (unpaired) electrons. The van der Waals surface area contributed by atoms with E-state index in [1.165, 1.54) is 5.56 Å². The summed E-state index contributed by atoms with van der Waals surface area (Å²) >= 11 is 0. The molecule has 6 heteroatoms. The summed E-state index contributed by atoms with van der Waals surface area (Å²) in [5.41, 5.74) is 1.22. The molecule has 0 aliphatic rings. The molecular formula is C14H22N6. The fourth-order valence-corrected chi connectivity index (χ4v) is 1.97. The van der Waals surface area contributed by atoms with Crippen molar-refractivity contribution in [1.82, 2.24) is 25.0 Å². The van der Waals surface area contributed by atoms with E-state index in [1.54, 1.807) is 7.05 Å². The van der Waals surface area contributed by atoms with Crippen molar-refractivity contribution in [2.45, 2.75) is 13.0 Å². The van der Waals surface area contributed by atoms with Gasteiger partial charge in [0.1, 0.15) is 0 Å². The number of hydrogen-bond donors (Lipinski definition) is 2. The van der Waals surface area contributed by atoms with Crippen LogP contribution in [0.15, 0.2) is 41.9 Å². The zero-order valence-corrected chi connectivity index (χ0v) is 12.1. The van der Waals surface area contributed by atoms with Crippen LogP contribution in [0, 0.1) is 0 Å². The minimum atomic E-state index is 0.834. The number of guanidine groups is 1. The van der Waals surface area contributed by atoms with Gasteiger partial charge in [0.05, 0.1) is 6.20 Å². The Morgan fingerprint density at radius 2 is 2.00 bits per heavy atom. The molecule has 0 spiro atoms. The summed E-state index contributed by atoms with van der Waals surface area (Å²) in [5.74, 6) is 0.834. The van der Waals surface area contributed by atoms with Crippen LogP contribution in [-0.2, 0) is 20.0 Å². The molecule has 0 unspecified atom stereocenters. The normalized spacial score (nSPS) is 11.6. The van der Waals surface area contributed by atoms with E-state index in [4.69, 9.17) is 0 Å². The molecule has 2 rings (SSSR count). The van der Waals surface area contributed by atoms with Crippen LogP contribution >= 0.6 is 0 Å². The molecule has 0 aliphatic carbocycles. The Hall–Kier alpha value is -2.24. The quantitative estimate of drug-likeness (QED) is 0.600. The molecule has 2 heterocycles. The van der Waals surface area contributed by atoms with Crippen LogP contribution in [-0.4, -0.2) is 40.4 Å². The molecule has 0 aromatic carbocycles. The van der Waals surface area contributed by atoms with Gasteiger partial charge >= 0.3 is 0 Å². The lowest BCUT2D eigenvalue weighted by atomic mass is 10.2. The molecule has 0 bridgehead atoms. The molecule has 2 N–H and O–H groups in total. The summed E-state index contributed by atoms with van der Waals surface area (Å²) in [6.45, 7) is 2.62. The van der Waals surface area contributed by atoms with Crippen LogP contribution in [0.2, 0.25) is 0 Å². The number of aromatic nitrogens is 3. The minimum Gasteiger partial charge on any atom is -0.356 e. The topological polar surface area (TPSA) is 59.2 Å². The molecule has 20 heavy (non-hydrogen) atoms. The van der Waals surface area contributed by atoms with Crippen molar-refractivity contribution in [3.05, 3.63) is 42.5 Å². The highest BCUT2D eigenvalue weighted by molar-refractivity contribution is 5.79. The number of hydrogen-bond acceptors (Lipinski definition) is 2. The van der Waals surface area contributed by atoms with Crippen LogP contribution in [0.3, 0.4) is 0 Å². The lowest BCUT2D eigenvalue weighted by Gasteiger charge is -2.11. The predicted molar refractivity (Wildman–Crippen MR) is 80.7 cm³/mol. The van der Waals surface area contributed by atoms with Gasteiger partial charge in [0.2, 0.25) is 0 Å². The van der Waals surface area contributed by atoms with Gasteiger partial charge < -0.3 is 15.2 Å². The standard InChI is InChI=1S/C14H22N6/c1-15-14(17-7-10-20-8-3-4-9-20)16-6-5-13-11-18-19(2)12-13/h3-4,8-9,11-12H,5-7,10H2,1-2H3,(H2,15,16,17). The third-order valence-corrected chi connectivity index (χ3v) is 3.02. The van der Waals surface area contributed by atoms with Gasteiger partial charge in [-0.2, -0.15) is 5.10 Å². The Balaban J connectivity index is 1.65. The Kier molecular flexibility index (Phi) is 5.23. The highest BCUT2D eigenvalue weighted by atomic mass is 15.2. The zero-order chi connectivity index (χ0) is 14.2. The van der Waals surface area contributed by atoms with Crippen molar-refractivity contribution in [1.29, 1.82) is 0 Å². The molecule has 0 aliphatic heterocycles. The van der Waals surface area contributed by atoms with E-state index in [0.717, 1.165) is 32.0 Å². The first-order valence-corrected chi connectivity index (χ1v) is 6.81. The summed E-state index contributed by atoms with van der Waals surface area (Å²) < 4.78 is 3.95. The molecule has 2 aromatic heterocycles. The fraction of sp³-hybridized carbons (Fsp3) is 0.429. The first-order valence-electron chi connectivity index (χ1n) is 6.81. The minimum absolute atomic E-state index is 0.834. The van der Waals surface area contributed by atoms with Gasteiger partial charge in [0.15, 0.2) is 5.96 Å². The number of rotatable bonds is 6. The van der Waals surface area contributed by atoms with Crippen molar-refractivity contribution in [3.63, 3.8) is 0 Å². The molecule has 0 amide bonds. The second kappa shape index (κ2) is 7.37. The van der Waals surface area contributed by atoms with Crippen molar-refractivity contribution in [2.24, 2.45) is 12.0 Å². The molecule has 6 nitrogen and oxygen atoms in total. The smallest absolute Gasteiger partial charge is 0.191 e. The van der Waals surface area contributed by atoms with E-state index in [-0.39, 0.29) is 0 Å². The molecular weight excluding hydrogens is 252 g/mol. The average Bonchev–Trinajstić information content (AvgIpc) is 3.09. The number of nitrogens with one attached hydrogen (secondary N) is 2. The highest BCUT2D eigenvalue weighted by Gasteiger charge is 1.99. The number of nitrogens with zero attached hydrogens (tertiary/aromatic N) is 4. The van der Waals surface area contributed by atoms with Crippen molar-refractivity contribution >= 4 is 5.96 Å². The monoisotopic (exact) mass is 274 g/mol. The molecule has 108 valence electrons. The second-order valence-electron chi connectivity index (χ2n) is 4.62. The first kappa shape index (κ1) is 14.2. The van der Waals surface area contributed by atoms with E-state index >= 15 is 0 Å². The second-order valence-corrected chi connectivity index (χ2v) is 4.62. The van der Waals surface area contributed by atoms with Gasteiger partial charge in [-0.1, -0.05) is 0 Å². The largest absolute Gasteiger partial charge is 0.356 e. The molecule has 0 saturated heterocycles. The fourth-order valence-electron chi connectivity index (χ4n) is 1.97. The summed E-state index contributed by atoms with van der Waals surface area (Å²) in [5, 5.41) is 10.7. The van der Waals surface area contributed by atoms with Crippen molar-refractivity contribution in [2.75, 3.05) is 20.1 Å². The van der Waals surface area contributed by atoms with E-state index in [1.807, 2.05) is 36.3 Å². The lowest BCUT2D eigenvalue weighted by molar-refractivity contribution is 0.665. The molecule has 0 saturated carbocycles. The van der Waals surface area contributed by atoms with Crippen LogP contribution in [0.1, 0.15) is 5.56 Å². The maximum Gasteiger partial charge on any atom is 0.191 e. The Morgan fingerprint density at radius 3 is 2.65 bits per heavy atom. The van der Waals surface area contributed by atoms with E-state index in [2.05, 4.69) is 37.7 Å².